The van der Waals surface area contributed by atoms with Gasteiger partial charge in [0, 0.05) is 97.0 Å². The molecule has 9 aromatic rings. The van der Waals surface area contributed by atoms with Crippen molar-refractivity contribution in [2.75, 3.05) is 10.6 Å². The van der Waals surface area contributed by atoms with Gasteiger partial charge in [-0.2, -0.15) is 10.5 Å². The third-order valence-corrected chi connectivity index (χ3v) is 18.5. The Labute approximate surface area is 537 Å². The number of H-pyrrole nitrogens is 1. The molecule has 20 nitrogen and oxygen atoms in total. The molecule has 2 saturated carbocycles. The lowest BCUT2D eigenvalue weighted by molar-refractivity contribution is 0.00578. The first-order valence-corrected chi connectivity index (χ1v) is 31.1. The first-order valence-electron chi connectivity index (χ1n) is 29.2. The molecule has 3 aliphatic rings. The summed E-state index contributed by atoms with van der Waals surface area (Å²) in [5.74, 6) is -5.24. The fourth-order valence-electron chi connectivity index (χ4n) is 11.2. The van der Waals surface area contributed by atoms with Crippen LogP contribution in [0.15, 0.2) is 103 Å². The number of anilines is 2. The van der Waals surface area contributed by atoms with Gasteiger partial charge in [-0.3, -0.25) is 9.59 Å². The van der Waals surface area contributed by atoms with E-state index < -0.39 is 63.2 Å². The van der Waals surface area contributed by atoms with E-state index in [1.165, 1.54) is 24.5 Å². The molecule has 3 fully saturated rings. The number of aryl methyl sites for hydroxylation is 3. The Morgan fingerprint density at radius 2 is 1.18 bits per heavy atom. The zero-order valence-electron chi connectivity index (χ0n) is 50.8. The number of nitrogens with zero attached hydrogens (tertiary/aromatic N) is 9. The molecule has 0 radical (unpaired) electrons. The standard InChI is InChI=1S/C25H22F3N7O.C21H22BF2NO4S.C17H18ClFN6O.CH4/c1-35-11-21(31-12-35)25(36)33-16-4-2-3-15(8-16)32-24-20(28)5-13(9-29)22(34-24)18-10-30-23-17(18)6-14(26)7-19(23)27;1-13-6-8-15(9-7-13)30(26,27)25-12-17(16-10-14(23)11-18(24)19(16)25)22-28-20(2,3)21(4,5)29-22;1-25-8-14(21-9-25)17(26)23-12-4-2-3-11(6-12)22-16-13(19)5-10(7-20)15(18)24-16;/h5-7,10-12,15-16,30H,2-4,8H2,1H3,(H,32,34)(H,33,36);6-12H,1-5H3;5,8-9,11-12H,2-4,6H2,1H3,(H,22,24)(H,23,26);1H4/t15-,16+;;11-,12+;/m0.0./s1. The van der Waals surface area contributed by atoms with Gasteiger partial charge in [0.25, 0.3) is 21.8 Å². The van der Waals surface area contributed by atoms with Crippen molar-refractivity contribution in [2.24, 2.45) is 14.1 Å². The van der Waals surface area contributed by atoms with Crippen molar-refractivity contribution < 1.29 is 53.7 Å². The van der Waals surface area contributed by atoms with E-state index >= 15 is 0 Å². The molecule has 2 amide bonds. The predicted octanol–water partition coefficient (Wildman–Crippen LogP) is 11.4. The number of carbonyl (C=O) groups excluding carboxylic acids is 2. The Hall–Kier alpha value is -9.22. The average molecular weight is 1320 g/mol. The monoisotopic (exact) mass is 1320 g/mol. The van der Waals surface area contributed by atoms with Gasteiger partial charge in [-0.05, 0) is 122 Å². The molecule has 2 aliphatic carbocycles. The van der Waals surface area contributed by atoms with E-state index in [0.717, 1.165) is 78.4 Å². The number of rotatable bonds is 12. The maximum atomic E-state index is 14.9. The Morgan fingerprint density at radius 3 is 1.70 bits per heavy atom. The van der Waals surface area contributed by atoms with Crippen molar-refractivity contribution >= 4 is 79.5 Å². The third kappa shape index (κ3) is 14.8. The lowest BCUT2D eigenvalue weighted by Crippen LogP contribution is -2.42. The molecule has 0 unspecified atom stereocenters. The second-order valence-electron chi connectivity index (χ2n) is 23.9. The molecular formula is C64H66BClF6N14O6S. The van der Waals surface area contributed by atoms with E-state index in [1.807, 2.05) is 40.7 Å². The van der Waals surface area contributed by atoms with Crippen LogP contribution in [0.1, 0.15) is 124 Å². The number of carbonyl (C=O) groups is 2. The zero-order chi connectivity index (χ0) is 66.1. The molecule has 0 bridgehead atoms. The van der Waals surface area contributed by atoms with E-state index in [-0.39, 0.29) is 115 Å². The molecule has 0 spiro atoms. The number of aromatic amines is 1. The lowest BCUT2D eigenvalue weighted by atomic mass is 9.79. The van der Waals surface area contributed by atoms with E-state index in [4.69, 9.17) is 26.2 Å². The number of nitrogens with one attached hydrogen (secondary N) is 5. The van der Waals surface area contributed by atoms with Crippen molar-refractivity contribution in [3.63, 3.8) is 0 Å². The molecule has 486 valence electrons. The van der Waals surface area contributed by atoms with Gasteiger partial charge in [0.2, 0.25) is 0 Å². The lowest BCUT2D eigenvalue weighted by Gasteiger charge is -2.32. The molecule has 29 heteroatoms. The number of hydrogen-bond acceptors (Lipinski definition) is 14. The predicted molar refractivity (Wildman–Crippen MR) is 339 cm³/mol. The SMILES string of the molecule is C.Cc1ccc(S(=O)(=O)n2cc(B3OC(C)(C)C(C)(C)O3)c3cc(F)cc(F)c32)cc1.Cn1cnc(C(=O)N[C@@H]2CCC[C@H](Nc3nc(-c4c[nH]c5c(F)cc(F)cc45)c(C#N)cc3F)C2)c1.Cn1cnc(C(=O)N[C@@H]2CCC[C@H](Nc3nc(Cl)c(C#N)cc3F)C2)c1. The van der Waals surface area contributed by atoms with Crippen LogP contribution in [0.25, 0.3) is 33.1 Å². The smallest absolute Gasteiger partial charge is 0.399 e. The highest BCUT2D eigenvalue weighted by Crippen LogP contribution is 2.39. The van der Waals surface area contributed by atoms with Crippen LogP contribution in [-0.2, 0) is 33.4 Å². The van der Waals surface area contributed by atoms with E-state index in [1.54, 1.807) is 66.5 Å². The Balaban J connectivity index is 0.000000166. The largest absolute Gasteiger partial charge is 0.497 e. The summed E-state index contributed by atoms with van der Waals surface area (Å²) in [6, 6.07) is 15.3. The van der Waals surface area contributed by atoms with Gasteiger partial charge in [0.1, 0.15) is 46.1 Å². The highest BCUT2D eigenvalue weighted by Gasteiger charge is 2.53. The average Bonchev–Trinajstić information content (AvgIpc) is 1.58. The fourth-order valence-corrected chi connectivity index (χ4v) is 12.8. The van der Waals surface area contributed by atoms with E-state index in [9.17, 15) is 49.6 Å². The van der Waals surface area contributed by atoms with Crippen molar-refractivity contribution in [1.29, 1.82) is 10.5 Å². The summed E-state index contributed by atoms with van der Waals surface area (Å²) in [7, 11) is -1.54. The topological polar surface area (TPSA) is 265 Å². The summed E-state index contributed by atoms with van der Waals surface area (Å²) in [4.78, 5) is 43.8. The number of aromatic nitrogens is 8. The highest BCUT2D eigenvalue weighted by atomic mass is 35.5. The molecule has 1 saturated heterocycles. The van der Waals surface area contributed by atoms with Crippen LogP contribution in [0.5, 0.6) is 0 Å². The number of hydrogen-bond donors (Lipinski definition) is 5. The number of nitriles is 2. The van der Waals surface area contributed by atoms with Crippen molar-refractivity contribution in [2.45, 2.75) is 134 Å². The van der Waals surface area contributed by atoms with Crippen LogP contribution < -0.4 is 26.7 Å². The molecule has 5 N–H and O–H groups in total. The van der Waals surface area contributed by atoms with Crippen LogP contribution in [0.4, 0.5) is 38.0 Å². The zero-order valence-corrected chi connectivity index (χ0v) is 52.4. The molecule has 93 heavy (non-hydrogen) atoms. The highest BCUT2D eigenvalue weighted by molar-refractivity contribution is 7.90. The fraction of sp³-hybridized carbons (Fsp3) is 0.344. The molecule has 7 heterocycles. The van der Waals surface area contributed by atoms with Gasteiger partial charge in [0.15, 0.2) is 29.1 Å². The van der Waals surface area contributed by atoms with E-state index in [0.29, 0.717) is 30.3 Å². The summed E-state index contributed by atoms with van der Waals surface area (Å²) < 4.78 is 129. The number of amides is 2. The molecule has 3 aromatic carbocycles. The summed E-state index contributed by atoms with van der Waals surface area (Å²) in [6.45, 7) is 9.21. The van der Waals surface area contributed by atoms with Gasteiger partial charge in [-0.25, -0.2) is 58.7 Å². The normalized spacial score (nSPS) is 18.2. The van der Waals surface area contributed by atoms with Gasteiger partial charge in [-0.15, -0.1) is 0 Å². The summed E-state index contributed by atoms with van der Waals surface area (Å²) >= 11 is 5.88. The van der Waals surface area contributed by atoms with Gasteiger partial charge < -0.3 is 44.7 Å². The summed E-state index contributed by atoms with van der Waals surface area (Å²) in [6.07, 6.45) is 15.1. The van der Waals surface area contributed by atoms with Crippen LogP contribution in [0.3, 0.4) is 0 Å². The van der Waals surface area contributed by atoms with Crippen LogP contribution >= 0.6 is 11.6 Å². The number of benzene rings is 3. The number of fused-ring (bicyclic) bond motifs is 2. The Kier molecular flexibility index (Phi) is 20.2. The first kappa shape index (κ1) is 68.2. The minimum absolute atomic E-state index is 0. The molecule has 6 aromatic heterocycles. The number of pyridine rings is 2. The van der Waals surface area contributed by atoms with Crippen LogP contribution in [0.2, 0.25) is 5.15 Å². The van der Waals surface area contributed by atoms with Gasteiger partial charge >= 0.3 is 7.12 Å². The van der Waals surface area contributed by atoms with Crippen LogP contribution in [0, 0.1) is 64.5 Å². The minimum Gasteiger partial charge on any atom is -0.399 e. The molecule has 1 aliphatic heterocycles. The van der Waals surface area contributed by atoms with Gasteiger partial charge in [-0.1, -0.05) is 36.7 Å². The third-order valence-electron chi connectivity index (χ3n) is 16.6. The quantitative estimate of drug-likeness (QED) is 0.0433. The number of imidazole rings is 2. The first-order chi connectivity index (χ1) is 43.6. The second-order valence-corrected chi connectivity index (χ2v) is 26.1. The maximum absolute atomic E-state index is 14.9. The molecular weight excluding hydrogens is 1250 g/mol. The summed E-state index contributed by atoms with van der Waals surface area (Å²) in [5, 5.41) is 30.8. The Bertz CT molecular complexity index is 4490. The van der Waals surface area contributed by atoms with Crippen molar-refractivity contribution in [1.82, 2.24) is 48.7 Å². The number of halogens is 7. The molecule has 4 atom stereocenters. The maximum Gasteiger partial charge on any atom is 0.497 e. The van der Waals surface area contributed by atoms with Crippen LogP contribution in [-0.4, -0.2) is 101 Å². The second kappa shape index (κ2) is 27.5. The van der Waals surface area contributed by atoms with Crippen molar-refractivity contribution in [3.05, 3.63) is 166 Å². The summed E-state index contributed by atoms with van der Waals surface area (Å²) in [5.41, 5.74) is 0.568. The Morgan fingerprint density at radius 1 is 0.688 bits per heavy atom. The van der Waals surface area contributed by atoms with E-state index in [2.05, 4.69) is 46.2 Å². The molecule has 12 rings (SSSR count). The van der Waals surface area contributed by atoms with Gasteiger partial charge in [0.05, 0.1) is 56.6 Å². The minimum atomic E-state index is -4.14. The van der Waals surface area contributed by atoms with Crippen molar-refractivity contribution in [3.8, 4) is 23.4 Å².